The van der Waals surface area contributed by atoms with E-state index in [0.717, 1.165) is 33.8 Å². The number of halogens is 1. The molecular formula is C17H22ClN3OS. The summed E-state index contributed by atoms with van der Waals surface area (Å²) in [5.74, 6) is 0.681. The Kier molecular flexibility index (Phi) is 4.90. The Morgan fingerprint density at radius 2 is 2.09 bits per heavy atom. The molecule has 1 aromatic heterocycles. The van der Waals surface area contributed by atoms with Crippen molar-refractivity contribution in [3.63, 3.8) is 0 Å². The Morgan fingerprint density at radius 3 is 2.83 bits per heavy atom. The van der Waals surface area contributed by atoms with E-state index in [0.29, 0.717) is 24.4 Å². The van der Waals surface area contributed by atoms with Gasteiger partial charge in [0.2, 0.25) is 5.91 Å². The second kappa shape index (κ2) is 6.75. The summed E-state index contributed by atoms with van der Waals surface area (Å²) in [6, 6.07) is 7.26. The maximum Gasteiger partial charge on any atom is 0.224 e. The van der Waals surface area contributed by atoms with E-state index in [4.69, 9.17) is 0 Å². The van der Waals surface area contributed by atoms with Crippen molar-refractivity contribution >= 4 is 45.6 Å². The van der Waals surface area contributed by atoms with Gasteiger partial charge in [-0.1, -0.05) is 0 Å². The lowest BCUT2D eigenvalue weighted by molar-refractivity contribution is -0.117. The quantitative estimate of drug-likeness (QED) is 0.882. The van der Waals surface area contributed by atoms with Crippen molar-refractivity contribution in [2.75, 3.05) is 5.32 Å². The number of aryl methyl sites for hydroxylation is 1. The highest BCUT2D eigenvalue weighted by atomic mass is 35.5. The fourth-order valence-corrected chi connectivity index (χ4v) is 4.80. The van der Waals surface area contributed by atoms with Crippen LogP contribution in [0.1, 0.15) is 37.1 Å². The zero-order valence-electron chi connectivity index (χ0n) is 13.2. The molecule has 4 nitrogen and oxygen atoms in total. The number of anilines is 1. The number of carbonyl (C=O) groups is 1. The maximum atomic E-state index is 12.3. The van der Waals surface area contributed by atoms with E-state index < -0.39 is 0 Å². The lowest BCUT2D eigenvalue weighted by Gasteiger charge is -2.28. The molecule has 2 aliphatic heterocycles. The maximum absolute atomic E-state index is 12.3. The van der Waals surface area contributed by atoms with Crippen molar-refractivity contribution in [3.8, 4) is 0 Å². The first-order valence-electron chi connectivity index (χ1n) is 8.09. The molecule has 0 saturated carbocycles. The summed E-state index contributed by atoms with van der Waals surface area (Å²) in [5, 5.41) is 7.75. The molecule has 2 aromatic rings. The monoisotopic (exact) mass is 351 g/mol. The van der Waals surface area contributed by atoms with Gasteiger partial charge in [-0.2, -0.15) is 0 Å². The summed E-state index contributed by atoms with van der Waals surface area (Å²) >= 11 is 1.67. The lowest BCUT2D eigenvalue weighted by Crippen LogP contribution is -2.39. The molecular weight excluding hydrogens is 330 g/mol. The summed E-state index contributed by atoms with van der Waals surface area (Å²) in [5.41, 5.74) is 1.90. The number of rotatable bonds is 3. The van der Waals surface area contributed by atoms with Gasteiger partial charge in [0.1, 0.15) is 0 Å². The average molecular weight is 352 g/mol. The molecule has 0 radical (unpaired) electrons. The van der Waals surface area contributed by atoms with Gasteiger partial charge < -0.3 is 10.6 Å². The zero-order valence-corrected chi connectivity index (χ0v) is 14.8. The third-order valence-corrected chi connectivity index (χ3v) is 5.76. The van der Waals surface area contributed by atoms with E-state index in [2.05, 4.69) is 15.6 Å². The van der Waals surface area contributed by atoms with Crippen molar-refractivity contribution in [2.45, 2.75) is 51.1 Å². The third kappa shape index (κ3) is 3.67. The molecule has 3 heterocycles. The van der Waals surface area contributed by atoms with Crippen molar-refractivity contribution in [1.82, 2.24) is 10.3 Å². The molecule has 0 aliphatic carbocycles. The van der Waals surface area contributed by atoms with Crippen LogP contribution in [0, 0.1) is 12.8 Å². The number of nitrogens with zero attached hydrogens (tertiary/aromatic N) is 1. The number of nitrogens with one attached hydrogen (secondary N) is 2. The fourth-order valence-electron chi connectivity index (χ4n) is 3.93. The summed E-state index contributed by atoms with van der Waals surface area (Å²) in [4.78, 5) is 16.8. The first-order valence-corrected chi connectivity index (χ1v) is 8.90. The Balaban J connectivity index is 0.00000156. The van der Waals surface area contributed by atoms with Crippen LogP contribution >= 0.6 is 23.7 Å². The number of hydrogen-bond acceptors (Lipinski definition) is 4. The first kappa shape index (κ1) is 16.7. The van der Waals surface area contributed by atoms with E-state index in [9.17, 15) is 4.79 Å². The van der Waals surface area contributed by atoms with E-state index in [-0.39, 0.29) is 18.3 Å². The van der Waals surface area contributed by atoms with Crippen LogP contribution in [0.4, 0.5) is 5.69 Å². The molecule has 2 atom stereocenters. The van der Waals surface area contributed by atoms with Crippen LogP contribution in [0.5, 0.6) is 0 Å². The number of benzene rings is 1. The number of carbonyl (C=O) groups excluding carboxylic acids is 1. The van der Waals surface area contributed by atoms with Gasteiger partial charge >= 0.3 is 0 Å². The van der Waals surface area contributed by atoms with Crippen molar-refractivity contribution in [1.29, 1.82) is 0 Å². The topological polar surface area (TPSA) is 54.0 Å². The summed E-state index contributed by atoms with van der Waals surface area (Å²) < 4.78 is 1.13. The predicted molar refractivity (Wildman–Crippen MR) is 97.5 cm³/mol. The molecule has 2 N–H and O–H groups in total. The zero-order chi connectivity index (χ0) is 15.1. The van der Waals surface area contributed by atoms with Gasteiger partial charge in [0, 0.05) is 24.2 Å². The molecule has 4 rings (SSSR count). The van der Waals surface area contributed by atoms with Gasteiger partial charge in [-0.15, -0.1) is 23.7 Å². The number of amides is 1. The molecule has 2 saturated heterocycles. The molecule has 2 bridgehead atoms. The van der Waals surface area contributed by atoms with Gasteiger partial charge in [0.25, 0.3) is 0 Å². The van der Waals surface area contributed by atoms with Crippen LogP contribution in [0.25, 0.3) is 10.2 Å². The Labute approximate surface area is 146 Å². The highest BCUT2D eigenvalue weighted by Gasteiger charge is 2.34. The molecule has 2 aliphatic rings. The number of fused-ring (bicyclic) bond motifs is 3. The first-order chi connectivity index (χ1) is 10.7. The van der Waals surface area contributed by atoms with Crippen molar-refractivity contribution in [2.24, 2.45) is 5.92 Å². The van der Waals surface area contributed by atoms with Crippen molar-refractivity contribution in [3.05, 3.63) is 23.2 Å². The molecule has 6 heteroatoms. The van der Waals surface area contributed by atoms with Gasteiger partial charge in [-0.05, 0) is 56.7 Å². The van der Waals surface area contributed by atoms with Crippen LogP contribution in [0.3, 0.4) is 0 Å². The standard InChI is InChI=1S/C17H21N3OS.ClH/c1-10-18-15-5-4-14(9-16(15)22-10)20-17(21)8-11-6-12-2-3-13(7-11)19-12;/h4-5,9,11-13,19H,2-3,6-8H2,1H3,(H,20,21);1H. The second-order valence-corrected chi connectivity index (χ2v) is 7.88. The van der Waals surface area contributed by atoms with Crippen LogP contribution < -0.4 is 10.6 Å². The summed E-state index contributed by atoms with van der Waals surface area (Å²) in [6.45, 7) is 2.01. The van der Waals surface area contributed by atoms with Crippen LogP contribution in [0.2, 0.25) is 0 Å². The predicted octanol–water partition coefficient (Wildman–Crippen LogP) is 3.89. The van der Waals surface area contributed by atoms with Gasteiger partial charge in [0.15, 0.2) is 0 Å². The fraction of sp³-hybridized carbons (Fsp3) is 0.529. The van der Waals surface area contributed by atoms with Crippen LogP contribution in [-0.2, 0) is 4.79 Å². The minimum atomic E-state index is 0. The molecule has 2 unspecified atom stereocenters. The molecule has 0 spiro atoms. The minimum Gasteiger partial charge on any atom is -0.326 e. The van der Waals surface area contributed by atoms with E-state index >= 15 is 0 Å². The number of piperidine rings is 1. The highest BCUT2D eigenvalue weighted by molar-refractivity contribution is 7.18. The molecule has 2 fully saturated rings. The van der Waals surface area contributed by atoms with Crippen LogP contribution in [0.15, 0.2) is 18.2 Å². The van der Waals surface area contributed by atoms with E-state index in [1.165, 1.54) is 12.8 Å². The Morgan fingerprint density at radius 1 is 1.35 bits per heavy atom. The normalized spacial score (nSPS) is 26.0. The Hall–Kier alpha value is -1.17. The smallest absolute Gasteiger partial charge is 0.224 e. The van der Waals surface area contributed by atoms with Gasteiger partial charge in [-0.3, -0.25) is 4.79 Å². The van der Waals surface area contributed by atoms with E-state index in [1.54, 1.807) is 11.3 Å². The molecule has 1 aromatic carbocycles. The third-order valence-electron chi connectivity index (χ3n) is 4.82. The summed E-state index contributed by atoms with van der Waals surface area (Å²) in [6.07, 6.45) is 5.51. The van der Waals surface area contributed by atoms with Crippen molar-refractivity contribution < 1.29 is 4.79 Å². The van der Waals surface area contributed by atoms with E-state index in [1.807, 2.05) is 25.1 Å². The average Bonchev–Trinajstić information content (AvgIpc) is 2.99. The van der Waals surface area contributed by atoms with Crippen LogP contribution in [-0.4, -0.2) is 23.0 Å². The number of thiazole rings is 1. The molecule has 23 heavy (non-hydrogen) atoms. The summed E-state index contributed by atoms with van der Waals surface area (Å²) in [7, 11) is 0. The lowest BCUT2D eigenvalue weighted by atomic mass is 9.89. The second-order valence-electron chi connectivity index (χ2n) is 6.64. The largest absolute Gasteiger partial charge is 0.326 e. The highest BCUT2D eigenvalue weighted by Crippen LogP contribution is 2.33. The van der Waals surface area contributed by atoms with Gasteiger partial charge in [-0.25, -0.2) is 4.98 Å². The molecule has 1 amide bonds. The minimum absolute atomic E-state index is 0. The SMILES string of the molecule is Cc1nc2ccc(NC(=O)CC3CC4CCC(C3)N4)cc2s1.Cl. The number of aromatic nitrogens is 1. The molecule has 124 valence electrons. The van der Waals surface area contributed by atoms with Gasteiger partial charge in [0.05, 0.1) is 15.2 Å². The Bertz CT molecular complexity index is 705. The number of hydrogen-bond donors (Lipinski definition) is 2.